The van der Waals surface area contributed by atoms with E-state index in [2.05, 4.69) is 33.4 Å². The lowest BCUT2D eigenvalue weighted by atomic mass is 9.80. The molecule has 1 heterocycles. The molecule has 1 aliphatic heterocycles. The first-order chi connectivity index (χ1) is 11.7. The van der Waals surface area contributed by atoms with Gasteiger partial charge in [-0.15, -0.1) is 0 Å². The minimum absolute atomic E-state index is 0.119. The molecule has 24 heavy (non-hydrogen) atoms. The summed E-state index contributed by atoms with van der Waals surface area (Å²) in [6.45, 7) is 0. The first kappa shape index (κ1) is 15.2. The molecule has 4 rings (SSSR count). The van der Waals surface area contributed by atoms with E-state index in [1.54, 1.807) is 0 Å². The van der Waals surface area contributed by atoms with E-state index in [1.165, 1.54) is 0 Å². The molecule has 0 saturated carbocycles. The van der Waals surface area contributed by atoms with Gasteiger partial charge in [-0.1, -0.05) is 76.6 Å². The van der Waals surface area contributed by atoms with Gasteiger partial charge >= 0.3 is 0 Å². The zero-order chi connectivity index (χ0) is 16.6. The zero-order valence-electron chi connectivity index (χ0n) is 13.0. The number of hydrogen-bond donors (Lipinski definition) is 1. The van der Waals surface area contributed by atoms with Gasteiger partial charge in [0.15, 0.2) is 5.78 Å². The first-order valence-electron chi connectivity index (χ1n) is 7.92. The molecule has 1 aliphatic rings. The van der Waals surface area contributed by atoms with E-state index in [0.717, 1.165) is 26.9 Å². The van der Waals surface area contributed by atoms with Crippen LogP contribution in [0.2, 0.25) is 0 Å². The number of rotatable bonds is 3. The summed E-state index contributed by atoms with van der Waals surface area (Å²) in [5.74, 6) is 0.119. The van der Waals surface area contributed by atoms with Crippen molar-refractivity contribution < 1.29 is 4.79 Å². The highest BCUT2D eigenvalue weighted by molar-refractivity contribution is 9.10. The topological polar surface area (TPSA) is 29.1 Å². The maximum atomic E-state index is 13.4. The molecule has 3 aromatic rings. The smallest absolute Gasteiger partial charge is 0.195 e. The molecule has 1 N–H and O–H groups in total. The van der Waals surface area contributed by atoms with Gasteiger partial charge in [-0.3, -0.25) is 4.79 Å². The fraction of sp³-hybridized carbons (Fsp3) is 0.0952. The number of carbonyl (C=O) groups excluding carboxylic acids is 1. The van der Waals surface area contributed by atoms with Crippen molar-refractivity contribution in [2.24, 2.45) is 0 Å². The second kappa shape index (κ2) is 5.91. The minimum atomic E-state index is -0.787. The molecule has 0 radical (unpaired) electrons. The van der Waals surface area contributed by atoms with Crippen LogP contribution in [0, 0.1) is 0 Å². The van der Waals surface area contributed by atoms with Gasteiger partial charge in [0.25, 0.3) is 0 Å². The van der Waals surface area contributed by atoms with Gasteiger partial charge in [0.05, 0.1) is 0 Å². The number of para-hydroxylation sites is 1. The second-order valence-electron chi connectivity index (χ2n) is 6.05. The van der Waals surface area contributed by atoms with Crippen LogP contribution in [0.4, 0.5) is 5.69 Å². The lowest BCUT2D eigenvalue weighted by Gasteiger charge is -2.30. The molecule has 0 spiro atoms. The van der Waals surface area contributed by atoms with Crippen molar-refractivity contribution >= 4 is 27.4 Å². The van der Waals surface area contributed by atoms with Crippen molar-refractivity contribution in [3.63, 3.8) is 0 Å². The van der Waals surface area contributed by atoms with Gasteiger partial charge in [-0.25, -0.2) is 0 Å². The molecular formula is C21H16BrNO. The molecule has 1 atom stereocenters. The summed E-state index contributed by atoms with van der Waals surface area (Å²) in [7, 11) is 0. The molecule has 118 valence electrons. The maximum absolute atomic E-state index is 13.4. The number of anilines is 1. The molecule has 0 bridgehead atoms. The number of nitrogens with one attached hydrogen (secondary N) is 1. The summed E-state index contributed by atoms with van der Waals surface area (Å²) in [6, 6.07) is 25.8. The zero-order valence-corrected chi connectivity index (χ0v) is 14.6. The number of hydrogen-bond acceptors (Lipinski definition) is 2. The van der Waals surface area contributed by atoms with Gasteiger partial charge in [0.2, 0.25) is 0 Å². The Labute approximate surface area is 149 Å². The third kappa shape index (κ3) is 2.36. The summed E-state index contributed by atoms with van der Waals surface area (Å²) in [5, 5.41) is 3.52. The van der Waals surface area contributed by atoms with Gasteiger partial charge < -0.3 is 5.32 Å². The lowest BCUT2D eigenvalue weighted by Crippen LogP contribution is -2.41. The van der Waals surface area contributed by atoms with Crippen molar-refractivity contribution in [2.45, 2.75) is 12.0 Å². The van der Waals surface area contributed by atoms with Crippen molar-refractivity contribution in [3.8, 4) is 0 Å². The molecule has 0 aliphatic carbocycles. The molecule has 3 heteroatoms. The van der Waals surface area contributed by atoms with E-state index in [-0.39, 0.29) is 5.78 Å². The highest BCUT2D eigenvalue weighted by atomic mass is 79.9. The summed E-state index contributed by atoms with van der Waals surface area (Å²) >= 11 is 3.63. The van der Waals surface area contributed by atoms with E-state index in [1.807, 2.05) is 66.7 Å². The number of carbonyl (C=O) groups is 1. The van der Waals surface area contributed by atoms with E-state index < -0.39 is 5.54 Å². The van der Waals surface area contributed by atoms with Crippen molar-refractivity contribution in [1.82, 2.24) is 0 Å². The van der Waals surface area contributed by atoms with Gasteiger partial charge in [-0.2, -0.15) is 0 Å². The monoisotopic (exact) mass is 377 g/mol. The number of Topliss-reactive ketones (excluding diaryl/α,β-unsaturated/α-hetero) is 1. The summed E-state index contributed by atoms with van der Waals surface area (Å²) in [4.78, 5) is 13.4. The van der Waals surface area contributed by atoms with Crippen LogP contribution >= 0.6 is 15.9 Å². The van der Waals surface area contributed by atoms with Crippen LogP contribution in [-0.2, 0) is 12.0 Å². The van der Waals surface area contributed by atoms with Gasteiger partial charge in [-0.05, 0) is 29.3 Å². The Morgan fingerprint density at radius 3 is 2.25 bits per heavy atom. The summed E-state index contributed by atoms with van der Waals surface area (Å²) in [6.07, 6.45) is 0.601. The Balaban J connectivity index is 1.89. The average Bonchev–Trinajstić information content (AvgIpc) is 2.89. The largest absolute Gasteiger partial charge is 0.368 e. The molecule has 0 fully saturated rings. The van der Waals surface area contributed by atoms with Crippen LogP contribution in [0.5, 0.6) is 0 Å². The molecular weight excluding hydrogens is 362 g/mol. The van der Waals surface area contributed by atoms with Gasteiger partial charge in [0.1, 0.15) is 5.54 Å². The average molecular weight is 378 g/mol. The standard InChI is InChI=1S/C21H16BrNO/c22-18-12-6-5-11-17(18)21(14-15-8-2-1-3-9-15)20(24)16-10-4-7-13-19(16)23-21/h1-13,23H,14H2. The number of benzene rings is 3. The van der Waals surface area contributed by atoms with Crippen LogP contribution in [0.1, 0.15) is 21.5 Å². The Morgan fingerprint density at radius 1 is 0.833 bits per heavy atom. The van der Waals surface area contributed by atoms with Crippen molar-refractivity contribution in [2.75, 3.05) is 5.32 Å². The fourth-order valence-corrected chi connectivity index (χ4v) is 4.05. The molecule has 0 saturated heterocycles. The summed E-state index contributed by atoms with van der Waals surface area (Å²) in [5.41, 5.74) is 2.96. The first-order valence-corrected chi connectivity index (χ1v) is 8.71. The Kier molecular flexibility index (Phi) is 3.73. The number of fused-ring (bicyclic) bond motifs is 1. The van der Waals surface area contributed by atoms with E-state index in [4.69, 9.17) is 0 Å². The number of ketones is 1. The lowest BCUT2D eigenvalue weighted by molar-refractivity contribution is 0.0916. The highest BCUT2D eigenvalue weighted by Crippen LogP contribution is 2.43. The highest BCUT2D eigenvalue weighted by Gasteiger charge is 2.47. The quantitative estimate of drug-likeness (QED) is 0.679. The second-order valence-corrected chi connectivity index (χ2v) is 6.90. The molecule has 0 amide bonds. The van der Waals surface area contributed by atoms with E-state index >= 15 is 0 Å². The third-order valence-electron chi connectivity index (χ3n) is 4.55. The normalized spacial score (nSPS) is 19.0. The van der Waals surface area contributed by atoms with Crippen molar-refractivity contribution in [1.29, 1.82) is 0 Å². The molecule has 1 unspecified atom stereocenters. The molecule has 2 nitrogen and oxygen atoms in total. The molecule has 3 aromatic carbocycles. The third-order valence-corrected chi connectivity index (χ3v) is 5.24. The van der Waals surface area contributed by atoms with Crippen LogP contribution in [0.15, 0.2) is 83.3 Å². The fourth-order valence-electron chi connectivity index (χ4n) is 3.43. The van der Waals surface area contributed by atoms with Gasteiger partial charge in [0, 0.05) is 22.1 Å². The minimum Gasteiger partial charge on any atom is -0.368 e. The Bertz CT molecular complexity index is 906. The molecule has 0 aromatic heterocycles. The Hall–Kier alpha value is -2.39. The predicted molar refractivity (Wildman–Crippen MR) is 100 cm³/mol. The van der Waals surface area contributed by atoms with Crippen molar-refractivity contribution in [3.05, 3.63) is 100 Å². The van der Waals surface area contributed by atoms with Crippen LogP contribution in [-0.4, -0.2) is 5.78 Å². The SMILES string of the molecule is O=C1c2ccccc2NC1(Cc1ccccc1)c1ccccc1Br. The van der Waals surface area contributed by atoms with Crippen LogP contribution in [0.25, 0.3) is 0 Å². The number of halogens is 1. The van der Waals surface area contributed by atoms with E-state index in [9.17, 15) is 4.79 Å². The maximum Gasteiger partial charge on any atom is 0.195 e. The van der Waals surface area contributed by atoms with Crippen LogP contribution in [0.3, 0.4) is 0 Å². The predicted octanol–water partition coefficient (Wildman–Crippen LogP) is 5.20. The van der Waals surface area contributed by atoms with Crippen LogP contribution < -0.4 is 5.32 Å². The summed E-state index contributed by atoms with van der Waals surface area (Å²) < 4.78 is 0.939. The Morgan fingerprint density at radius 2 is 1.50 bits per heavy atom. The van der Waals surface area contributed by atoms with E-state index in [0.29, 0.717) is 6.42 Å².